The third-order valence-corrected chi connectivity index (χ3v) is 4.70. The molecule has 0 unspecified atom stereocenters. The van der Waals surface area contributed by atoms with E-state index in [1.807, 2.05) is 28.9 Å². The summed E-state index contributed by atoms with van der Waals surface area (Å²) in [4.78, 5) is 13.5. The summed E-state index contributed by atoms with van der Waals surface area (Å²) in [5, 5.41) is 9.08. The predicted molar refractivity (Wildman–Crippen MR) is 94.3 cm³/mol. The molecule has 1 aliphatic heterocycles. The molecular formula is C18H18N6O. The molecule has 4 aromatic rings. The molecule has 0 saturated carbocycles. The van der Waals surface area contributed by atoms with Crippen molar-refractivity contribution in [2.24, 2.45) is 0 Å². The molecule has 0 aliphatic carbocycles. The number of fused-ring (bicyclic) bond motifs is 4. The molecule has 0 fully saturated rings. The number of furan rings is 1. The van der Waals surface area contributed by atoms with E-state index in [1.165, 1.54) is 0 Å². The number of benzene rings is 1. The highest BCUT2D eigenvalue weighted by atomic mass is 16.3. The van der Waals surface area contributed by atoms with Crippen LogP contribution in [0.25, 0.3) is 22.1 Å². The maximum Gasteiger partial charge on any atom is 0.196 e. The average molecular weight is 334 g/mol. The van der Waals surface area contributed by atoms with Crippen LogP contribution in [0.15, 0.2) is 35.0 Å². The first-order chi connectivity index (χ1) is 12.3. The standard InChI is InChI=1S/C18H18N6O/c1-2-14-22-18-12(7-5-9-24(18)23-14)21-17-16-15(19-10-20-17)11-6-3-4-8-13(11)25-16/h3-4,6,8,10,12H,2,5,7,9H2,1H3,(H,19,20,21)/t12-/m1/s1. The van der Waals surface area contributed by atoms with Gasteiger partial charge in [0.25, 0.3) is 0 Å². The van der Waals surface area contributed by atoms with Crippen molar-refractivity contribution in [3.05, 3.63) is 42.2 Å². The zero-order valence-corrected chi connectivity index (χ0v) is 13.9. The Morgan fingerprint density at radius 3 is 3.12 bits per heavy atom. The molecule has 1 aliphatic rings. The molecule has 0 bridgehead atoms. The third kappa shape index (κ3) is 2.26. The molecule has 7 nitrogen and oxygen atoms in total. The molecule has 0 saturated heterocycles. The van der Waals surface area contributed by atoms with Crippen LogP contribution in [0.5, 0.6) is 0 Å². The van der Waals surface area contributed by atoms with Gasteiger partial charge in [0.05, 0.1) is 6.04 Å². The van der Waals surface area contributed by atoms with Gasteiger partial charge in [-0.05, 0) is 25.0 Å². The van der Waals surface area contributed by atoms with Crippen LogP contribution in [0.3, 0.4) is 0 Å². The van der Waals surface area contributed by atoms with Crippen molar-refractivity contribution in [1.82, 2.24) is 24.7 Å². The molecule has 0 amide bonds. The first kappa shape index (κ1) is 14.4. The van der Waals surface area contributed by atoms with Crippen molar-refractivity contribution >= 4 is 27.9 Å². The molecule has 1 N–H and O–H groups in total. The van der Waals surface area contributed by atoms with Crippen LogP contribution in [-0.2, 0) is 13.0 Å². The lowest BCUT2D eigenvalue weighted by Gasteiger charge is -2.23. The summed E-state index contributed by atoms with van der Waals surface area (Å²) in [5.41, 5.74) is 2.34. The van der Waals surface area contributed by atoms with Gasteiger partial charge in [-0.3, -0.25) is 0 Å². The fourth-order valence-electron chi connectivity index (χ4n) is 3.48. The first-order valence-corrected chi connectivity index (χ1v) is 8.66. The molecule has 25 heavy (non-hydrogen) atoms. The van der Waals surface area contributed by atoms with E-state index in [9.17, 15) is 0 Å². The fraction of sp³-hybridized carbons (Fsp3) is 0.333. The van der Waals surface area contributed by atoms with Crippen LogP contribution in [-0.4, -0.2) is 24.7 Å². The maximum atomic E-state index is 6.01. The number of hydrogen-bond acceptors (Lipinski definition) is 6. The van der Waals surface area contributed by atoms with Crippen LogP contribution in [0.1, 0.15) is 37.5 Å². The van der Waals surface area contributed by atoms with Crippen LogP contribution >= 0.6 is 0 Å². The highest BCUT2D eigenvalue weighted by molar-refractivity contribution is 6.05. The lowest BCUT2D eigenvalue weighted by atomic mass is 10.1. The zero-order chi connectivity index (χ0) is 16.8. The molecule has 0 radical (unpaired) electrons. The number of nitrogens with one attached hydrogen (secondary N) is 1. The largest absolute Gasteiger partial charge is 0.450 e. The van der Waals surface area contributed by atoms with E-state index in [4.69, 9.17) is 4.42 Å². The van der Waals surface area contributed by atoms with E-state index in [0.29, 0.717) is 11.4 Å². The van der Waals surface area contributed by atoms with Gasteiger partial charge in [0.15, 0.2) is 17.2 Å². The smallest absolute Gasteiger partial charge is 0.196 e. The van der Waals surface area contributed by atoms with Crippen molar-refractivity contribution in [3.63, 3.8) is 0 Å². The van der Waals surface area contributed by atoms with E-state index in [-0.39, 0.29) is 6.04 Å². The molecule has 5 rings (SSSR count). The molecule has 1 atom stereocenters. The minimum absolute atomic E-state index is 0.0767. The lowest BCUT2D eigenvalue weighted by Crippen LogP contribution is -2.23. The van der Waals surface area contributed by atoms with Crippen molar-refractivity contribution < 1.29 is 4.42 Å². The van der Waals surface area contributed by atoms with Gasteiger partial charge in [0, 0.05) is 18.4 Å². The minimum atomic E-state index is 0.0767. The minimum Gasteiger partial charge on any atom is -0.450 e. The quantitative estimate of drug-likeness (QED) is 0.618. The molecule has 3 aromatic heterocycles. The summed E-state index contributed by atoms with van der Waals surface area (Å²) in [7, 11) is 0. The number of nitrogens with zero attached hydrogens (tertiary/aromatic N) is 5. The summed E-state index contributed by atoms with van der Waals surface area (Å²) >= 11 is 0. The zero-order valence-electron chi connectivity index (χ0n) is 13.9. The maximum absolute atomic E-state index is 6.01. The predicted octanol–water partition coefficient (Wildman–Crippen LogP) is 3.48. The van der Waals surface area contributed by atoms with Gasteiger partial charge in [-0.25, -0.2) is 19.6 Å². The second-order valence-electron chi connectivity index (χ2n) is 6.30. The number of para-hydroxylation sites is 1. The summed E-state index contributed by atoms with van der Waals surface area (Å²) < 4.78 is 8.02. The molecule has 4 heterocycles. The average Bonchev–Trinajstić information content (AvgIpc) is 3.24. The van der Waals surface area contributed by atoms with Gasteiger partial charge < -0.3 is 9.73 Å². The van der Waals surface area contributed by atoms with E-state index < -0.39 is 0 Å². The second-order valence-corrected chi connectivity index (χ2v) is 6.30. The van der Waals surface area contributed by atoms with Gasteiger partial charge in [-0.15, -0.1) is 0 Å². The van der Waals surface area contributed by atoms with Crippen molar-refractivity contribution in [3.8, 4) is 0 Å². The molecule has 7 heteroatoms. The van der Waals surface area contributed by atoms with Crippen LogP contribution in [0.2, 0.25) is 0 Å². The Kier molecular flexibility index (Phi) is 3.19. The lowest BCUT2D eigenvalue weighted by molar-refractivity contribution is 0.436. The Morgan fingerprint density at radius 1 is 1.28 bits per heavy atom. The van der Waals surface area contributed by atoms with Crippen molar-refractivity contribution in [1.29, 1.82) is 0 Å². The Hall–Kier alpha value is -2.96. The van der Waals surface area contributed by atoms with Crippen molar-refractivity contribution in [2.45, 2.75) is 38.8 Å². The van der Waals surface area contributed by atoms with Crippen molar-refractivity contribution in [2.75, 3.05) is 5.32 Å². The number of aryl methyl sites for hydroxylation is 2. The van der Waals surface area contributed by atoms with Gasteiger partial charge >= 0.3 is 0 Å². The fourth-order valence-corrected chi connectivity index (χ4v) is 3.48. The monoisotopic (exact) mass is 334 g/mol. The molecule has 0 spiro atoms. The molecular weight excluding hydrogens is 316 g/mol. The van der Waals surface area contributed by atoms with Crippen LogP contribution in [0.4, 0.5) is 5.82 Å². The second kappa shape index (κ2) is 5.54. The van der Waals surface area contributed by atoms with Crippen LogP contribution < -0.4 is 5.32 Å². The van der Waals surface area contributed by atoms with Gasteiger partial charge in [-0.2, -0.15) is 5.10 Å². The Balaban J connectivity index is 1.58. The van der Waals surface area contributed by atoms with E-state index in [2.05, 4.69) is 32.3 Å². The highest BCUT2D eigenvalue weighted by Crippen LogP contribution is 2.33. The number of aromatic nitrogens is 5. The van der Waals surface area contributed by atoms with Gasteiger partial charge in [0.1, 0.15) is 23.3 Å². The topological polar surface area (TPSA) is 81.7 Å². The Morgan fingerprint density at radius 2 is 2.20 bits per heavy atom. The number of rotatable bonds is 3. The Labute approximate surface area is 144 Å². The van der Waals surface area contributed by atoms with E-state index in [0.717, 1.165) is 53.9 Å². The highest BCUT2D eigenvalue weighted by Gasteiger charge is 2.25. The first-order valence-electron chi connectivity index (χ1n) is 8.66. The SMILES string of the molecule is CCc1nc2n(n1)CCC[C@H]2Nc1ncnc2c1oc1ccccc12. The normalized spacial score (nSPS) is 17.1. The van der Waals surface area contributed by atoms with Gasteiger partial charge in [0.2, 0.25) is 0 Å². The summed E-state index contributed by atoms with van der Waals surface area (Å²) in [5.74, 6) is 2.58. The Bertz CT molecular complexity index is 1070. The summed E-state index contributed by atoms with van der Waals surface area (Å²) in [6.07, 6.45) is 4.48. The van der Waals surface area contributed by atoms with E-state index >= 15 is 0 Å². The van der Waals surface area contributed by atoms with E-state index in [1.54, 1.807) is 6.33 Å². The number of hydrogen-bond donors (Lipinski definition) is 1. The summed E-state index contributed by atoms with van der Waals surface area (Å²) in [6, 6.07) is 7.99. The van der Waals surface area contributed by atoms with Gasteiger partial charge in [-0.1, -0.05) is 19.1 Å². The third-order valence-electron chi connectivity index (χ3n) is 4.70. The molecule has 1 aromatic carbocycles. The summed E-state index contributed by atoms with van der Waals surface area (Å²) in [6.45, 7) is 3.00. The number of anilines is 1. The molecule has 126 valence electrons. The van der Waals surface area contributed by atoms with Crippen LogP contribution in [0, 0.1) is 0 Å².